The molecule has 0 aliphatic rings. The lowest BCUT2D eigenvalue weighted by Crippen LogP contribution is -1.90. The third kappa shape index (κ3) is 17.8. The lowest BCUT2D eigenvalue weighted by molar-refractivity contribution is 0.194. The lowest BCUT2D eigenvalue weighted by atomic mass is 10.4. The van der Waals surface area contributed by atoms with E-state index in [1.54, 1.807) is 0 Å². The van der Waals surface area contributed by atoms with Gasteiger partial charge in [0.15, 0.2) is 0 Å². The summed E-state index contributed by atoms with van der Waals surface area (Å²) in [5.41, 5.74) is 0. The topological polar surface area (TPSA) is 137 Å². The van der Waals surface area contributed by atoms with Gasteiger partial charge < -0.3 is 22.1 Å². The first-order valence-corrected chi connectivity index (χ1v) is 4.29. The van der Waals surface area contributed by atoms with Gasteiger partial charge in [0.1, 0.15) is 0 Å². The van der Waals surface area contributed by atoms with Crippen LogP contribution in [0.25, 0.3) is 0 Å². The fourth-order valence-electron chi connectivity index (χ4n) is 0.328. The Morgan fingerprint density at radius 2 is 1.82 bits per heavy atom. The average molecular weight is 188 g/mol. The molecule has 0 amide bonds. The Balaban J connectivity index is -0.000000320. The molecular formula is C4H17N2O4P. The van der Waals surface area contributed by atoms with E-state index in [2.05, 4.69) is 4.52 Å². The van der Waals surface area contributed by atoms with Gasteiger partial charge in [0, 0.05) is 0 Å². The third-order valence-corrected chi connectivity index (χ3v) is 1.28. The summed E-state index contributed by atoms with van der Waals surface area (Å²) in [7, 11) is -4.20. The molecule has 0 saturated carbocycles. The van der Waals surface area contributed by atoms with Crippen molar-refractivity contribution in [1.29, 1.82) is 0 Å². The highest BCUT2D eigenvalue weighted by Crippen LogP contribution is 2.35. The van der Waals surface area contributed by atoms with Crippen molar-refractivity contribution in [3.05, 3.63) is 0 Å². The van der Waals surface area contributed by atoms with Gasteiger partial charge in [0.05, 0.1) is 6.61 Å². The average Bonchev–Trinajstić information content (AvgIpc) is 1.63. The minimum Gasteiger partial charge on any atom is -0.344 e. The summed E-state index contributed by atoms with van der Waals surface area (Å²) in [5.74, 6) is 0. The second kappa shape index (κ2) is 8.13. The first-order valence-electron chi connectivity index (χ1n) is 2.76. The van der Waals surface area contributed by atoms with Crippen LogP contribution in [-0.4, -0.2) is 16.4 Å². The summed E-state index contributed by atoms with van der Waals surface area (Å²) in [5, 5.41) is 0. The van der Waals surface area contributed by atoms with Gasteiger partial charge in [0.25, 0.3) is 0 Å². The van der Waals surface area contributed by atoms with Gasteiger partial charge in [-0.15, -0.1) is 0 Å². The predicted molar refractivity (Wildman–Crippen MR) is 42.9 cm³/mol. The molecule has 0 aliphatic heterocycles. The van der Waals surface area contributed by atoms with Crippen LogP contribution in [0.1, 0.15) is 19.8 Å². The zero-order valence-electron chi connectivity index (χ0n) is 6.69. The number of phosphoric ester groups is 1. The van der Waals surface area contributed by atoms with Crippen LogP contribution < -0.4 is 12.3 Å². The molecule has 72 valence electrons. The maximum atomic E-state index is 9.98. The Morgan fingerprint density at radius 3 is 2.09 bits per heavy atom. The number of phosphoric acid groups is 1. The highest BCUT2D eigenvalue weighted by Gasteiger charge is 2.11. The van der Waals surface area contributed by atoms with Gasteiger partial charge in [-0.2, -0.15) is 0 Å². The summed E-state index contributed by atoms with van der Waals surface area (Å²) < 4.78 is 14.1. The smallest absolute Gasteiger partial charge is 0.344 e. The van der Waals surface area contributed by atoms with Crippen LogP contribution in [0, 0.1) is 0 Å². The molecular weight excluding hydrogens is 171 g/mol. The van der Waals surface area contributed by atoms with Gasteiger partial charge in [-0.05, 0) is 6.42 Å². The highest BCUT2D eigenvalue weighted by molar-refractivity contribution is 7.46. The SMILES string of the molecule is CCCCOP(=O)(O)O.N.N. The summed E-state index contributed by atoms with van der Waals surface area (Å²) in [6, 6.07) is 0. The van der Waals surface area contributed by atoms with Crippen LogP contribution in [0.3, 0.4) is 0 Å². The van der Waals surface area contributed by atoms with Crippen molar-refractivity contribution in [3.8, 4) is 0 Å². The molecule has 11 heavy (non-hydrogen) atoms. The summed E-state index contributed by atoms with van der Waals surface area (Å²) >= 11 is 0. The zero-order chi connectivity index (χ0) is 7.33. The van der Waals surface area contributed by atoms with Crippen LogP contribution >= 0.6 is 7.82 Å². The van der Waals surface area contributed by atoms with Crippen LogP contribution in [0.5, 0.6) is 0 Å². The molecule has 0 unspecified atom stereocenters. The monoisotopic (exact) mass is 188 g/mol. The molecule has 0 rings (SSSR count). The second-order valence-electron chi connectivity index (χ2n) is 1.68. The normalized spacial score (nSPS) is 9.73. The molecule has 0 aliphatic carbocycles. The largest absolute Gasteiger partial charge is 0.469 e. The van der Waals surface area contributed by atoms with E-state index in [0.717, 1.165) is 6.42 Å². The van der Waals surface area contributed by atoms with Crippen molar-refractivity contribution in [2.45, 2.75) is 19.8 Å². The van der Waals surface area contributed by atoms with Crippen molar-refractivity contribution >= 4 is 7.82 Å². The fraction of sp³-hybridized carbons (Fsp3) is 1.00. The Morgan fingerprint density at radius 1 is 1.36 bits per heavy atom. The van der Waals surface area contributed by atoms with Gasteiger partial charge in [0.2, 0.25) is 0 Å². The first-order chi connectivity index (χ1) is 4.06. The van der Waals surface area contributed by atoms with E-state index in [4.69, 9.17) is 9.79 Å². The Kier molecular flexibility index (Phi) is 12.7. The van der Waals surface area contributed by atoms with Crippen molar-refractivity contribution in [1.82, 2.24) is 12.3 Å². The van der Waals surface area contributed by atoms with Gasteiger partial charge in [-0.1, -0.05) is 13.3 Å². The molecule has 0 bridgehead atoms. The molecule has 0 aromatic heterocycles. The molecule has 0 aromatic rings. The summed E-state index contributed by atoms with van der Waals surface area (Å²) in [6.45, 7) is 2.06. The van der Waals surface area contributed by atoms with Crippen LogP contribution in [0.2, 0.25) is 0 Å². The van der Waals surface area contributed by atoms with E-state index in [0.29, 0.717) is 6.42 Å². The molecule has 8 N–H and O–H groups in total. The molecule has 0 atom stereocenters. The van der Waals surface area contributed by atoms with Crippen LogP contribution in [0.4, 0.5) is 0 Å². The van der Waals surface area contributed by atoms with Crippen molar-refractivity contribution < 1.29 is 18.9 Å². The minimum absolute atomic E-state index is 0. The maximum absolute atomic E-state index is 9.98. The van der Waals surface area contributed by atoms with Crippen LogP contribution in [0.15, 0.2) is 0 Å². The third-order valence-electron chi connectivity index (χ3n) is 0.757. The summed E-state index contributed by atoms with van der Waals surface area (Å²) in [4.78, 5) is 16.3. The quantitative estimate of drug-likeness (QED) is 0.386. The number of hydrogen-bond acceptors (Lipinski definition) is 4. The Labute approximate surface area is 66.4 Å². The maximum Gasteiger partial charge on any atom is 0.469 e. The number of rotatable bonds is 4. The van der Waals surface area contributed by atoms with Crippen molar-refractivity contribution in [3.63, 3.8) is 0 Å². The molecule has 0 heterocycles. The fourth-order valence-corrected chi connectivity index (χ4v) is 0.695. The van der Waals surface area contributed by atoms with E-state index in [9.17, 15) is 4.57 Å². The minimum atomic E-state index is -4.20. The molecule has 7 heteroatoms. The predicted octanol–water partition coefficient (Wildman–Crippen LogP) is 1.22. The van der Waals surface area contributed by atoms with E-state index < -0.39 is 7.82 Å². The molecule has 6 nitrogen and oxygen atoms in total. The van der Waals surface area contributed by atoms with E-state index in [1.807, 2.05) is 6.92 Å². The van der Waals surface area contributed by atoms with E-state index >= 15 is 0 Å². The first kappa shape index (κ1) is 17.2. The van der Waals surface area contributed by atoms with Gasteiger partial charge in [-0.25, -0.2) is 4.57 Å². The lowest BCUT2D eigenvalue weighted by Gasteiger charge is -2.02. The number of hydrogen-bond donors (Lipinski definition) is 4. The molecule has 0 aromatic carbocycles. The number of unbranched alkanes of at least 4 members (excludes halogenated alkanes) is 1. The molecule has 0 radical (unpaired) electrons. The highest BCUT2D eigenvalue weighted by atomic mass is 31.2. The summed E-state index contributed by atoms with van der Waals surface area (Å²) in [6.07, 6.45) is 1.56. The van der Waals surface area contributed by atoms with Gasteiger partial charge in [-0.3, -0.25) is 4.52 Å². The molecule has 0 saturated heterocycles. The standard InChI is InChI=1S/C4H11O4P.2H3N/c1-2-3-4-8-9(5,6)7;;/h2-4H2,1H3,(H2,5,6,7);2*1H3. The van der Waals surface area contributed by atoms with Crippen LogP contribution in [-0.2, 0) is 9.09 Å². The Hall–Kier alpha value is 0.0300. The second-order valence-corrected chi connectivity index (χ2v) is 2.92. The van der Waals surface area contributed by atoms with Gasteiger partial charge >= 0.3 is 7.82 Å². The Bertz CT molecular complexity index is 115. The molecule has 0 fully saturated rings. The zero-order valence-corrected chi connectivity index (χ0v) is 7.59. The molecule has 0 spiro atoms. The van der Waals surface area contributed by atoms with Crippen molar-refractivity contribution in [2.24, 2.45) is 0 Å². The van der Waals surface area contributed by atoms with Crippen molar-refractivity contribution in [2.75, 3.05) is 6.61 Å². The van der Waals surface area contributed by atoms with E-state index in [-0.39, 0.29) is 18.9 Å². The van der Waals surface area contributed by atoms with E-state index in [1.165, 1.54) is 0 Å².